The van der Waals surface area contributed by atoms with Gasteiger partial charge in [0.2, 0.25) is 0 Å². The Morgan fingerprint density at radius 3 is 2.27 bits per heavy atom. The molecule has 1 aliphatic carbocycles. The van der Waals surface area contributed by atoms with Crippen LogP contribution in [0, 0.1) is 11.6 Å². The van der Waals surface area contributed by atoms with Crippen molar-refractivity contribution in [1.29, 1.82) is 0 Å². The van der Waals surface area contributed by atoms with E-state index in [1.165, 1.54) is 0 Å². The van der Waals surface area contributed by atoms with Crippen molar-refractivity contribution in [3.63, 3.8) is 0 Å². The van der Waals surface area contributed by atoms with E-state index in [1.54, 1.807) is 0 Å². The molecule has 0 bridgehead atoms. The average molecular weight is 316 g/mol. The molecule has 22 heavy (non-hydrogen) atoms. The van der Waals surface area contributed by atoms with Gasteiger partial charge in [-0.1, -0.05) is 0 Å². The molecular formula is C14H9F5N2O. The number of halogens is 5. The van der Waals surface area contributed by atoms with E-state index >= 15 is 0 Å². The SMILES string of the molecule is O=C1CCCc2c1c(C(F)(F)F)nn2-c1cc(F)cc(F)c1. The van der Waals surface area contributed by atoms with Crippen LogP contribution in [0.25, 0.3) is 5.69 Å². The van der Waals surface area contributed by atoms with Gasteiger partial charge in [0.05, 0.1) is 16.9 Å². The molecule has 3 rings (SSSR count). The summed E-state index contributed by atoms with van der Waals surface area (Å²) in [6, 6.07) is 2.35. The molecular weight excluding hydrogens is 307 g/mol. The summed E-state index contributed by atoms with van der Waals surface area (Å²) in [5.74, 6) is -2.53. The van der Waals surface area contributed by atoms with Crippen LogP contribution in [0.2, 0.25) is 0 Å². The number of nitrogens with zero attached hydrogens (tertiary/aromatic N) is 2. The predicted molar refractivity (Wildman–Crippen MR) is 65.8 cm³/mol. The van der Waals surface area contributed by atoms with Crippen LogP contribution < -0.4 is 0 Å². The molecule has 0 amide bonds. The number of rotatable bonds is 1. The number of benzene rings is 1. The first kappa shape index (κ1) is 14.7. The van der Waals surface area contributed by atoms with Gasteiger partial charge in [-0.3, -0.25) is 4.79 Å². The second kappa shape index (κ2) is 4.89. The molecule has 116 valence electrons. The molecule has 0 saturated heterocycles. The maximum absolute atomic E-state index is 13.3. The van der Waals surface area contributed by atoms with Crippen molar-refractivity contribution in [3.8, 4) is 5.69 Å². The molecule has 1 aliphatic rings. The van der Waals surface area contributed by atoms with Gasteiger partial charge in [0, 0.05) is 12.5 Å². The van der Waals surface area contributed by atoms with Crippen molar-refractivity contribution in [1.82, 2.24) is 9.78 Å². The summed E-state index contributed by atoms with van der Waals surface area (Å²) in [7, 11) is 0. The molecule has 0 N–H and O–H groups in total. The number of aromatic nitrogens is 2. The Hall–Kier alpha value is -2.25. The molecule has 0 radical (unpaired) electrons. The third-order valence-electron chi connectivity index (χ3n) is 3.44. The molecule has 1 heterocycles. The summed E-state index contributed by atoms with van der Waals surface area (Å²) >= 11 is 0. The molecule has 0 fully saturated rings. The lowest BCUT2D eigenvalue weighted by Gasteiger charge is -2.14. The van der Waals surface area contributed by atoms with E-state index in [0.29, 0.717) is 12.5 Å². The summed E-state index contributed by atoms with van der Waals surface area (Å²) in [5.41, 5.74) is -1.95. The minimum atomic E-state index is -4.81. The quantitative estimate of drug-likeness (QED) is 0.752. The molecule has 0 saturated carbocycles. The average Bonchev–Trinajstić information content (AvgIpc) is 2.78. The van der Waals surface area contributed by atoms with Gasteiger partial charge >= 0.3 is 6.18 Å². The van der Waals surface area contributed by atoms with Gasteiger partial charge in [-0.15, -0.1) is 0 Å². The van der Waals surface area contributed by atoms with E-state index in [0.717, 1.165) is 16.8 Å². The summed E-state index contributed by atoms with van der Waals surface area (Å²) in [5, 5.41) is 3.40. The van der Waals surface area contributed by atoms with E-state index in [9.17, 15) is 26.7 Å². The summed E-state index contributed by atoms with van der Waals surface area (Å²) in [6.45, 7) is 0. The number of hydrogen-bond acceptors (Lipinski definition) is 2. The van der Waals surface area contributed by atoms with Gasteiger partial charge in [-0.05, 0) is 25.0 Å². The van der Waals surface area contributed by atoms with Gasteiger partial charge in [0.1, 0.15) is 11.6 Å². The van der Waals surface area contributed by atoms with Crippen molar-refractivity contribution in [2.24, 2.45) is 0 Å². The molecule has 0 unspecified atom stereocenters. The van der Waals surface area contributed by atoms with Crippen LogP contribution in [0.3, 0.4) is 0 Å². The molecule has 0 atom stereocenters. The normalized spacial score (nSPS) is 15.0. The van der Waals surface area contributed by atoms with Crippen LogP contribution in [-0.4, -0.2) is 15.6 Å². The molecule has 0 aliphatic heterocycles. The minimum absolute atomic E-state index is 0.000709. The molecule has 1 aromatic carbocycles. The number of carbonyl (C=O) groups is 1. The third-order valence-corrected chi connectivity index (χ3v) is 3.44. The van der Waals surface area contributed by atoms with E-state index in [2.05, 4.69) is 5.10 Å². The lowest BCUT2D eigenvalue weighted by atomic mass is 9.94. The smallest absolute Gasteiger partial charge is 0.294 e. The first-order valence-corrected chi connectivity index (χ1v) is 6.46. The third kappa shape index (κ3) is 2.38. The number of carbonyl (C=O) groups excluding carboxylic acids is 1. The fourth-order valence-corrected chi connectivity index (χ4v) is 2.59. The standard InChI is InChI=1S/C14H9F5N2O/c15-7-4-8(16)6-9(5-7)21-10-2-1-3-11(22)12(10)13(20-21)14(17,18)19/h4-6H,1-3H2. The van der Waals surface area contributed by atoms with Crippen LogP contribution in [0.15, 0.2) is 18.2 Å². The Kier molecular flexibility index (Phi) is 3.26. The van der Waals surface area contributed by atoms with Crippen molar-refractivity contribution in [2.45, 2.75) is 25.4 Å². The number of hydrogen-bond donors (Lipinski definition) is 0. The molecule has 1 aromatic heterocycles. The molecule has 3 nitrogen and oxygen atoms in total. The Bertz CT molecular complexity index is 743. The summed E-state index contributed by atoms with van der Waals surface area (Å²) in [4.78, 5) is 11.8. The van der Waals surface area contributed by atoms with E-state index in [1.807, 2.05) is 0 Å². The van der Waals surface area contributed by atoms with Crippen molar-refractivity contribution in [3.05, 3.63) is 46.8 Å². The number of fused-ring (bicyclic) bond motifs is 1. The Morgan fingerprint density at radius 1 is 1.05 bits per heavy atom. The fraction of sp³-hybridized carbons (Fsp3) is 0.286. The lowest BCUT2D eigenvalue weighted by Crippen LogP contribution is -2.16. The van der Waals surface area contributed by atoms with Gasteiger partial charge in [-0.2, -0.15) is 18.3 Å². The Morgan fingerprint density at radius 2 is 1.68 bits per heavy atom. The van der Waals surface area contributed by atoms with Crippen molar-refractivity contribution >= 4 is 5.78 Å². The van der Waals surface area contributed by atoms with Crippen LogP contribution in [0.5, 0.6) is 0 Å². The highest BCUT2D eigenvalue weighted by molar-refractivity contribution is 5.99. The largest absolute Gasteiger partial charge is 0.435 e. The van der Waals surface area contributed by atoms with Gasteiger partial charge < -0.3 is 0 Å². The van der Waals surface area contributed by atoms with E-state index in [-0.39, 0.29) is 24.2 Å². The minimum Gasteiger partial charge on any atom is -0.294 e. The van der Waals surface area contributed by atoms with Crippen molar-refractivity contribution in [2.75, 3.05) is 0 Å². The molecule has 0 spiro atoms. The van der Waals surface area contributed by atoms with Crippen molar-refractivity contribution < 1.29 is 26.7 Å². The lowest BCUT2D eigenvalue weighted by molar-refractivity contribution is -0.141. The zero-order chi connectivity index (χ0) is 16.1. The number of alkyl halides is 3. The number of Topliss-reactive ketones (excluding diaryl/α,β-unsaturated/α-hetero) is 1. The molecule has 8 heteroatoms. The second-order valence-electron chi connectivity index (χ2n) is 4.98. The summed E-state index contributed by atoms with van der Waals surface area (Å²) < 4.78 is 66.6. The van der Waals surface area contributed by atoms with Gasteiger partial charge in [0.15, 0.2) is 11.5 Å². The highest BCUT2D eigenvalue weighted by atomic mass is 19.4. The van der Waals surface area contributed by atoms with E-state index in [4.69, 9.17) is 0 Å². The monoisotopic (exact) mass is 316 g/mol. The second-order valence-corrected chi connectivity index (χ2v) is 4.98. The topological polar surface area (TPSA) is 34.9 Å². The van der Waals surface area contributed by atoms with Crippen LogP contribution in [0.4, 0.5) is 22.0 Å². The highest BCUT2D eigenvalue weighted by Gasteiger charge is 2.42. The highest BCUT2D eigenvalue weighted by Crippen LogP contribution is 2.36. The maximum atomic E-state index is 13.3. The first-order chi connectivity index (χ1) is 10.3. The Labute approximate surface area is 121 Å². The summed E-state index contributed by atoms with van der Waals surface area (Å²) in [6.07, 6.45) is -4.26. The van der Waals surface area contributed by atoms with Crippen LogP contribution >= 0.6 is 0 Å². The Balaban J connectivity index is 2.27. The fourth-order valence-electron chi connectivity index (χ4n) is 2.59. The van der Waals surface area contributed by atoms with Crippen LogP contribution in [0.1, 0.15) is 34.6 Å². The maximum Gasteiger partial charge on any atom is 0.435 e. The van der Waals surface area contributed by atoms with E-state index < -0.39 is 34.9 Å². The zero-order valence-electron chi connectivity index (χ0n) is 11.0. The molecule has 2 aromatic rings. The number of ketones is 1. The van der Waals surface area contributed by atoms with Gasteiger partial charge in [0.25, 0.3) is 0 Å². The van der Waals surface area contributed by atoms with Gasteiger partial charge in [-0.25, -0.2) is 13.5 Å². The predicted octanol–water partition coefficient (Wildman–Crippen LogP) is 3.69. The van der Waals surface area contributed by atoms with Crippen LogP contribution in [-0.2, 0) is 12.6 Å². The first-order valence-electron chi connectivity index (χ1n) is 6.46. The zero-order valence-corrected chi connectivity index (χ0v) is 11.0.